The molecule has 0 aliphatic carbocycles. The number of aromatic nitrogens is 2. The molecule has 45 heavy (non-hydrogen) atoms. The summed E-state index contributed by atoms with van der Waals surface area (Å²) < 4.78 is 13.7. The molecular weight excluding hydrogens is 611 g/mol. The van der Waals surface area contributed by atoms with Gasteiger partial charge < -0.3 is 30.9 Å². The van der Waals surface area contributed by atoms with Gasteiger partial charge >= 0.3 is 0 Å². The number of carbonyl (C=O) groups is 2. The van der Waals surface area contributed by atoms with Gasteiger partial charge in [-0.1, -0.05) is 71.6 Å². The number of para-hydroxylation sites is 2. The van der Waals surface area contributed by atoms with Crippen LogP contribution in [0.2, 0.25) is 0 Å². The van der Waals surface area contributed by atoms with Gasteiger partial charge in [-0.15, -0.1) is 10.2 Å². The van der Waals surface area contributed by atoms with E-state index < -0.39 is 6.29 Å². The van der Waals surface area contributed by atoms with Crippen LogP contribution in [0, 0.1) is 6.92 Å². The van der Waals surface area contributed by atoms with Gasteiger partial charge in [-0.3, -0.25) is 9.59 Å². The van der Waals surface area contributed by atoms with Gasteiger partial charge in [0.2, 0.25) is 11.8 Å². The average molecular weight is 648 g/mol. The molecule has 0 radical (unpaired) electrons. The van der Waals surface area contributed by atoms with E-state index in [0.29, 0.717) is 54.9 Å². The van der Waals surface area contributed by atoms with Crippen molar-refractivity contribution in [2.75, 3.05) is 22.1 Å². The Hall–Kier alpha value is -3.81. The molecule has 0 unspecified atom stereocenters. The number of rotatable bonds is 13. The molecule has 5 rings (SSSR count). The molecule has 0 spiro atoms. The maximum Gasteiger partial charge on any atom is 0.224 e. The van der Waals surface area contributed by atoms with Crippen molar-refractivity contribution < 1.29 is 24.2 Å². The minimum atomic E-state index is -0.592. The fraction of sp³-hybridized carbons (Fsp3) is 0.333. The molecule has 1 aliphatic heterocycles. The normalized spacial score (nSPS) is 18.0. The number of carbonyl (C=O) groups excluding carboxylic acids is 2. The largest absolute Gasteiger partial charge is 0.397 e. The van der Waals surface area contributed by atoms with Crippen molar-refractivity contribution >= 4 is 52.0 Å². The number of nitrogen functional groups attached to an aromatic ring is 1. The molecule has 2 amide bonds. The van der Waals surface area contributed by atoms with Crippen LogP contribution >= 0.6 is 23.1 Å². The number of anilines is 3. The number of aliphatic hydroxyl groups is 1. The highest BCUT2D eigenvalue weighted by molar-refractivity contribution is 8.01. The number of aryl methyl sites for hydroxylation is 1. The summed E-state index contributed by atoms with van der Waals surface area (Å²) in [6.07, 6.45) is 1.59. The first kappa shape index (κ1) is 32.6. The smallest absolute Gasteiger partial charge is 0.224 e. The molecule has 1 saturated heterocycles. The standard InChI is InChI=1S/C33H37N5O5S2/c1-21-37-38-33(45-21)44-20-26-18-29(23-12-10-22(19-39)11-13-23)43-32(42-26)24-14-16-25(17-15-24)35-30(40)8-4-5-9-31(41)36-28-7-3-2-6-27(28)34/h2-3,6-7,10-17,26,29,32,39H,4-5,8-9,18-20,34H2,1H3,(H,35,40)(H,36,41)/t26-,29+,32+/m1/s1. The van der Waals surface area contributed by atoms with E-state index in [0.717, 1.165) is 26.0 Å². The van der Waals surface area contributed by atoms with Crippen LogP contribution in [0.4, 0.5) is 17.1 Å². The zero-order valence-corrected chi connectivity index (χ0v) is 26.6. The molecule has 10 nitrogen and oxygen atoms in total. The van der Waals surface area contributed by atoms with E-state index in [1.54, 1.807) is 35.2 Å². The van der Waals surface area contributed by atoms with Crippen LogP contribution in [0.25, 0.3) is 0 Å². The van der Waals surface area contributed by atoms with Gasteiger partial charge in [0.1, 0.15) is 5.01 Å². The Kier molecular flexibility index (Phi) is 11.6. The summed E-state index contributed by atoms with van der Waals surface area (Å²) in [4.78, 5) is 24.8. The number of nitrogens with zero attached hydrogens (tertiary/aromatic N) is 2. The molecule has 12 heteroatoms. The first-order chi connectivity index (χ1) is 21.9. The van der Waals surface area contributed by atoms with Crippen LogP contribution in [0.1, 0.15) is 66.2 Å². The van der Waals surface area contributed by atoms with Gasteiger partial charge in [0.05, 0.1) is 30.2 Å². The lowest BCUT2D eigenvalue weighted by atomic mass is 10.0. The van der Waals surface area contributed by atoms with Gasteiger partial charge in [0.15, 0.2) is 10.6 Å². The Morgan fingerprint density at radius 1 is 0.933 bits per heavy atom. The van der Waals surface area contributed by atoms with E-state index in [4.69, 9.17) is 15.2 Å². The van der Waals surface area contributed by atoms with Gasteiger partial charge in [-0.2, -0.15) is 0 Å². The number of thioether (sulfide) groups is 1. The molecule has 0 bridgehead atoms. The Morgan fingerprint density at radius 2 is 1.62 bits per heavy atom. The van der Waals surface area contributed by atoms with Crippen LogP contribution in [-0.2, 0) is 25.7 Å². The third-order valence-corrected chi connectivity index (χ3v) is 9.38. The van der Waals surface area contributed by atoms with Crippen molar-refractivity contribution in [1.82, 2.24) is 10.2 Å². The van der Waals surface area contributed by atoms with Crippen molar-refractivity contribution in [3.05, 3.63) is 94.5 Å². The fourth-order valence-electron chi connectivity index (χ4n) is 4.87. The van der Waals surface area contributed by atoms with E-state index >= 15 is 0 Å². The highest BCUT2D eigenvalue weighted by Crippen LogP contribution is 2.40. The van der Waals surface area contributed by atoms with E-state index in [1.807, 2.05) is 67.6 Å². The number of nitrogens with one attached hydrogen (secondary N) is 2. The first-order valence-electron chi connectivity index (χ1n) is 14.8. The number of unbranched alkanes of at least 4 members (excludes halogenated alkanes) is 1. The van der Waals surface area contributed by atoms with Crippen molar-refractivity contribution in [3.8, 4) is 0 Å². The number of hydrogen-bond acceptors (Lipinski definition) is 10. The highest BCUT2D eigenvalue weighted by Gasteiger charge is 2.32. The topological polar surface area (TPSA) is 149 Å². The van der Waals surface area contributed by atoms with Crippen LogP contribution in [0.15, 0.2) is 77.1 Å². The molecule has 3 aromatic carbocycles. The van der Waals surface area contributed by atoms with Crippen molar-refractivity contribution in [2.24, 2.45) is 0 Å². The molecule has 1 aliphatic rings. The molecular formula is C33H37N5O5S2. The maximum absolute atomic E-state index is 12.6. The lowest BCUT2D eigenvalue weighted by Crippen LogP contribution is -2.31. The van der Waals surface area contributed by atoms with E-state index in [1.165, 1.54) is 0 Å². The summed E-state index contributed by atoms with van der Waals surface area (Å²) in [6.45, 7) is 1.93. The predicted molar refractivity (Wildman–Crippen MR) is 177 cm³/mol. The van der Waals surface area contributed by atoms with Gasteiger partial charge in [-0.05, 0) is 55.2 Å². The third-order valence-electron chi connectivity index (χ3n) is 7.27. The molecule has 4 aromatic rings. The lowest BCUT2D eigenvalue weighted by molar-refractivity contribution is -0.245. The molecule has 0 saturated carbocycles. The molecule has 3 atom stereocenters. The Labute approximate surface area is 270 Å². The average Bonchev–Trinajstić information content (AvgIpc) is 3.48. The summed E-state index contributed by atoms with van der Waals surface area (Å²) in [5.41, 5.74) is 10.4. The number of ether oxygens (including phenoxy) is 2. The number of nitrogens with two attached hydrogens (primary N) is 1. The van der Waals surface area contributed by atoms with Crippen molar-refractivity contribution in [2.45, 2.75) is 68.5 Å². The fourth-order valence-corrected chi connectivity index (χ4v) is 6.72. The predicted octanol–water partition coefficient (Wildman–Crippen LogP) is 6.40. The first-order valence-corrected chi connectivity index (χ1v) is 16.6. The monoisotopic (exact) mass is 647 g/mol. The molecule has 1 aromatic heterocycles. The summed E-state index contributed by atoms with van der Waals surface area (Å²) >= 11 is 3.19. The van der Waals surface area contributed by atoms with Crippen LogP contribution < -0.4 is 16.4 Å². The second-order valence-corrected chi connectivity index (χ2v) is 13.2. The van der Waals surface area contributed by atoms with E-state index in [-0.39, 0.29) is 30.6 Å². The number of benzene rings is 3. The second-order valence-electron chi connectivity index (χ2n) is 10.8. The number of amides is 2. The minimum Gasteiger partial charge on any atom is -0.397 e. The van der Waals surface area contributed by atoms with Crippen LogP contribution in [0.5, 0.6) is 0 Å². The Morgan fingerprint density at radius 3 is 2.29 bits per heavy atom. The van der Waals surface area contributed by atoms with Gasteiger partial charge in [0, 0.05) is 36.3 Å². The summed E-state index contributed by atoms with van der Waals surface area (Å²) in [7, 11) is 0. The van der Waals surface area contributed by atoms with Crippen LogP contribution in [-0.4, -0.2) is 39.0 Å². The maximum atomic E-state index is 12.6. The second kappa shape index (κ2) is 16.0. The Bertz CT molecular complexity index is 1560. The SMILES string of the molecule is Cc1nnc(SC[C@H]2C[C@@H](c3ccc(CO)cc3)O[C@@H](c3ccc(NC(=O)CCCCC(=O)Nc4ccccc4N)cc3)O2)s1. The quantitative estimate of drug-likeness (QED) is 0.0735. The zero-order valence-electron chi connectivity index (χ0n) is 25.0. The van der Waals surface area contributed by atoms with Crippen molar-refractivity contribution in [3.63, 3.8) is 0 Å². The third kappa shape index (κ3) is 9.59. The number of aliphatic hydroxyl groups excluding tert-OH is 1. The summed E-state index contributed by atoms with van der Waals surface area (Å²) in [5, 5.41) is 24.4. The molecule has 5 N–H and O–H groups in total. The van der Waals surface area contributed by atoms with Gasteiger partial charge in [-0.25, -0.2) is 0 Å². The number of hydrogen-bond donors (Lipinski definition) is 4. The summed E-state index contributed by atoms with van der Waals surface area (Å²) in [6, 6.07) is 22.4. The van der Waals surface area contributed by atoms with Gasteiger partial charge in [0.25, 0.3) is 0 Å². The molecule has 2 heterocycles. The highest BCUT2D eigenvalue weighted by atomic mass is 32.2. The molecule has 236 valence electrons. The minimum absolute atomic E-state index is 0.0111. The van der Waals surface area contributed by atoms with Crippen LogP contribution in [0.3, 0.4) is 0 Å². The van der Waals surface area contributed by atoms with E-state index in [9.17, 15) is 14.7 Å². The lowest BCUT2D eigenvalue weighted by Gasteiger charge is -2.36. The molecule has 1 fully saturated rings. The zero-order chi connectivity index (χ0) is 31.6. The summed E-state index contributed by atoms with van der Waals surface area (Å²) in [5.74, 6) is 0.461. The van der Waals surface area contributed by atoms with E-state index in [2.05, 4.69) is 20.8 Å². The Balaban J connectivity index is 1.13. The van der Waals surface area contributed by atoms with Crippen molar-refractivity contribution in [1.29, 1.82) is 0 Å².